The molecule has 164 valence electrons. The van der Waals surface area contributed by atoms with Crippen LogP contribution in [-0.2, 0) is 24.1 Å². The maximum atomic E-state index is 13.0. The standard InChI is InChI=1S/C24H21F3N4O/c1-17-12-21(10-11-28-17)31-22(16-32-15-18-6-3-2-4-7-18)14-23(30-31)29-20-9-5-8-19(13-20)24(25,26)27/h2-14H,15-16H2,1H3,(H,29,30). The third-order valence-corrected chi connectivity index (χ3v) is 4.73. The van der Waals surface area contributed by atoms with Gasteiger partial charge in [0.1, 0.15) is 0 Å². The predicted molar refractivity (Wildman–Crippen MR) is 116 cm³/mol. The van der Waals surface area contributed by atoms with Gasteiger partial charge in [-0.2, -0.15) is 13.2 Å². The zero-order chi connectivity index (χ0) is 22.6. The van der Waals surface area contributed by atoms with E-state index in [4.69, 9.17) is 4.74 Å². The molecule has 8 heteroatoms. The summed E-state index contributed by atoms with van der Waals surface area (Å²) in [5.41, 5.74) is 2.97. The second-order valence-corrected chi connectivity index (χ2v) is 7.27. The molecule has 0 saturated carbocycles. The quantitative estimate of drug-likeness (QED) is 0.381. The van der Waals surface area contributed by atoms with Crippen LogP contribution in [0, 0.1) is 6.92 Å². The number of ether oxygens (including phenoxy) is 1. The molecule has 0 atom stereocenters. The molecule has 0 bridgehead atoms. The minimum Gasteiger partial charge on any atom is -0.370 e. The van der Waals surface area contributed by atoms with Gasteiger partial charge in [0.05, 0.1) is 30.2 Å². The van der Waals surface area contributed by atoms with Crippen molar-refractivity contribution in [1.82, 2.24) is 14.8 Å². The number of aryl methyl sites for hydroxylation is 1. The molecule has 0 spiro atoms. The zero-order valence-electron chi connectivity index (χ0n) is 17.3. The Bertz CT molecular complexity index is 1190. The van der Waals surface area contributed by atoms with Gasteiger partial charge in [-0.1, -0.05) is 36.4 Å². The number of hydrogen-bond donors (Lipinski definition) is 1. The van der Waals surface area contributed by atoms with Gasteiger partial charge in [0, 0.05) is 23.6 Å². The summed E-state index contributed by atoms with van der Waals surface area (Å²) in [5, 5.41) is 7.52. The summed E-state index contributed by atoms with van der Waals surface area (Å²) in [6.45, 7) is 2.58. The number of nitrogens with one attached hydrogen (secondary N) is 1. The van der Waals surface area contributed by atoms with E-state index < -0.39 is 11.7 Å². The number of aromatic nitrogens is 3. The van der Waals surface area contributed by atoms with Crippen LogP contribution in [0.1, 0.15) is 22.5 Å². The fourth-order valence-corrected chi connectivity index (χ4v) is 3.24. The summed E-state index contributed by atoms with van der Waals surface area (Å²) < 4.78 is 46.7. The summed E-state index contributed by atoms with van der Waals surface area (Å²) in [6.07, 6.45) is -2.73. The van der Waals surface area contributed by atoms with E-state index in [0.717, 1.165) is 34.8 Å². The van der Waals surface area contributed by atoms with Crippen molar-refractivity contribution in [1.29, 1.82) is 0 Å². The normalized spacial score (nSPS) is 11.5. The summed E-state index contributed by atoms with van der Waals surface area (Å²) >= 11 is 0. The molecule has 0 saturated heterocycles. The number of benzene rings is 2. The van der Waals surface area contributed by atoms with Crippen molar-refractivity contribution in [2.45, 2.75) is 26.3 Å². The Morgan fingerprint density at radius 1 is 0.938 bits per heavy atom. The lowest BCUT2D eigenvalue weighted by atomic mass is 10.2. The number of hydrogen-bond acceptors (Lipinski definition) is 4. The van der Waals surface area contributed by atoms with Crippen LogP contribution >= 0.6 is 0 Å². The van der Waals surface area contributed by atoms with Crippen LogP contribution in [0.2, 0.25) is 0 Å². The number of nitrogens with zero attached hydrogens (tertiary/aromatic N) is 3. The molecule has 2 aromatic heterocycles. The molecule has 2 aromatic carbocycles. The van der Waals surface area contributed by atoms with Crippen LogP contribution < -0.4 is 5.32 Å². The van der Waals surface area contributed by atoms with E-state index in [1.165, 1.54) is 6.07 Å². The van der Waals surface area contributed by atoms with Crippen LogP contribution in [0.3, 0.4) is 0 Å². The van der Waals surface area contributed by atoms with Gasteiger partial charge in [-0.15, -0.1) is 5.10 Å². The second kappa shape index (κ2) is 9.23. The van der Waals surface area contributed by atoms with Crippen molar-refractivity contribution >= 4 is 11.5 Å². The number of anilines is 2. The lowest BCUT2D eigenvalue weighted by Crippen LogP contribution is -2.06. The van der Waals surface area contributed by atoms with Gasteiger partial charge in [-0.25, -0.2) is 4.68 Å². The molecule has 0 amide bonds. The molecular weight excluding hydrogens is 417 g/mol. The van der Waals surface area contributed by atoms with Gasteiger partial charge >= 0.3 is 6.18 Å². The van der Waals surface area contributed by atoms with Gasteiger partial charge in [-0.3, -0.25) is 4.98 Å². The highest BCUT2D eigenvalue weighted by molar-refractivity contribution is 5.58. The smallest absolute Gasteiger partial charge is 0.370 e. The highest BCUT2D eigenvalue weighted by Gasteiger charge is 2.30. The van der Waals surface area contributed by atoms with Crippen molar-refractivity contribution < 1.29 is 17.9 Å². The molecule has 0 fully saturated rings. The molecule has 0 unspecified atom stereocenters. The fourth-order valence-electron chi connectivity index (χ4n) is 3.24. The van der Waals surface area contributed by atoms with Crippen molar-refractivity contribution in [3.05, 3.63) is 102 Å². The number of halogens is 3. The van der Waals surface area contributed by atoms with Crippen molar-refractivity contribution in [3.63, 3.8) is 0 Å². The zero-order valence-corrected chi connectivity index (χ0v) is 17.3. The SMILES string of the molecule is Cc1cc(-n2nc(Nc3cccc(C(F)(F)F)c3)cc2COCc2ccccc2)ccn1. The maximum absolute atomic E-state index is 13.0. The van der Waals surface area contributed by atoms with E-state index in [0.29, 0.717) is 18.1 Å². The molecule has 32 heavy (non-hydrogen) atoms. The lowest BCUT2D eigenvalue weighted by molar-refractivity contribution is -0.137. The molecule has 0 aliphatic rings. The Labute approximate surface area is 183 Å². The van der Waals surface area contributed by atoms with Crippen molar-refractivity contribution in [3.8, 4) is 5.69 Å². The third kappa shape index (κ3) is 5.33. The Morgan fingerprint density at radius 3 is 2.50 bits per heavy atom. The van der Waals surface area contributed by atoms with E-state index in [1.807, 2.05) is 49.4 Å². The fraction of sp³-hybridized carbons (Fsp3) is 0.167. The van der Waals surface area contributed by atoms with Crippen LogP contribution in [0.25, 0.3) is 5.69 Å². The first-order chi connectivity index (χ1) is 15.4. The van der Waals surface area contributed by atoms with Crippen molar-refractivity contribution in [2.75, 3.05) is 5.32 Å². The van der Waals surface area contributed by atoms with Crippen LogP contribution in [-0.4, -0.2) is 14.8 Å². The van der Waals surface area contributed by atoms with Gasteiger partial charge < -0.3 is 10.1 Å². The average molecular weight is 438 g/mol. The largest absolute Gasteiger partial charge is 0.416 e. The molecule has 2 heterocycles. The van der Waals surface area contributed by atoms with Gasteiger partial charge in [0.25, 0.3) is 0 Å². The van der Waals surface area contributed by atoms with E-state index >= 15 is 0 Å². The monoisotopic (exact) mass is 438 g/mol. The van der Waals surface area contributed by atoms with Crippen molar-refractivity contribution in [2.24, 2.45) is 0 Å². The molecule has 4 rings (SSSR count). The van der Waals surface area contributed by atoms with E-state index in [9.17, 15) is 13.2 Å². The first kappa shape index (κ1) is 21.6. The van der Waals surface area contributed by atoms with E-state index in [1.54, 1.807) is 23.0 Å². The third-order valence-electron chi connectivity index (χ3n) is 4.73. The van der Waals surface area contributed by atoms with Crippen LogP contribution in [0.15, 0.2) is 79.0 Å². The first-order valence-corrected chi connectivity index (χ1v) is 9.96. The summed E-state index contributed by atoms with van der Waals surface area (Å²) in [6, 6.07) is 20.3. The summed E-state index contributed by atoms with van der Waals surface area (Å²) in [5.74, 6) is 0.414. The van der Waals surface area contributed by atoms with Gasteiger partial charge in [-0.05, 0) is 42.8 Å². The number of pyridine rings is 1. The van der Waals surface area contributed by atoms with Crippen LogP contribution in [0.4, 0.5) is 24.7 Å². The molecule has 0 aliphatic carbocycles. The van der Waals surface area contributed by atoms with E-state index in [2.05, 4.69) is 15.4 Å². The molecule has 0 radical (unpaired) electrons. The maximum Gasteiger partial charge on any atom is 0.416 e. The summed E-state index contributed by atoms with van der Waals surface area (Å²) in [4.78, 5) is 4.21. The molecule has 0 aliphatic heterocycles. The number of alkyl halides is 3. The van der Waals surface area contributed by atoms with Gasteiger partial charge in [0.2, 0.25) is 0 Å². The minimum absolute atomic E-state index is 0.271. The second-order valence-electron chi connectivity index (χ2n) is 7.27. The van der Waals surface area contributed by atoms with E-state index in [-0.39, 0.29) is 6.61 Å². The van der Waals surface area contributed by atoms with Gasteiger partial charge in [0.15, 0.2) is 5.82 Å². The lowest BCUT2D eigenvalue weighted by Gasteiger charge is -2.09. The molecular formula is C24H21F3N4O. The highest BCUT2D eigenvalue weighted by atomic mass is 19.4. The highest BCUT2D eigenvalue weighted by Crippen LogP contribution is 2.31. The Balaban J connectivity index is 1.59. The predicted octanol–water partition coefficient (Wildman–Crippen LogP) is 6.05. The number of rotatable bonds is 7. The molecule has 1 N–H and O–H groups in total. The Morgan fingerprint density at radius 2 is 1.75 bits per heavy atom. The minimum atomic E-state index is -4.41. The van der Waals surface area contributed by atoms with Crippen LogP contribution in [0.5, 0.6) is 0 Å². The Kier molecular flexibility index (Phi) is 6.23. The first-order valence-electron chi connectivity index (χ1n) is 9.96. The summed E-state index contributed by atoms with van der Waals surface area (Å²) in [7, 11) is 0. The Hall–Kier alpha value is -3.65. The topological polar surface area (TPSA) is 52.0 Å². The molecule has 5 nitrogen and oxygen atoms in total. The average Bonchev–Trinajstić information content (AvgIpc) is 3.16. The molecule has 4 aromatic rings.